The number of halogens is 1. The second-order valence-electron chi connectivity index (χ2n) is 4.71. The number of benzene rings is 1. The van der Waals surface area contributed by atoms with Crippen molar-refractivity contribution in [1.82, 2.24) is 9.78 Å². The Morgan fingerprint density at radius 2 is 2.11 bits per heavy atom. The summed E-state index contributed by atoms with van der Waals surface area (Å²) in [4.78, 5) is 12.7. The van der Waals surface area contributed by atoms with Crippen molar-refractivity contribution in [3.63, 3.8) is 0 Å². The lowest BCUT2D eigenvalue weighted by molar-refractivity contribution is 0.102. The molecule has 1 heterocycles. The van der Waals surface area contributed by atoms with E-state index in [1.807, 2.05) is 32.0 Å². The molecule has 4 heteroatoms. The summed E-state index contributed by atoms with van der Waals surface area (Å²) in [7, 11) is 0. The SMILES string of the molecule is CCCn1ncc(Br)c1C(=O)c1cc(C)ccc1C. The Balaban J connectivity index is 2.49. The van der Waals surface area contributed by atoms with Gasteiger partial charge in [0, 0.05) is 12.1 Å². The van der Waals surface area contributed by atoms with Gasteiger partial charge in [-0.15, -0.1) is 0 Å². The molecule has 100 valence electrons. The van der Waals surface area contributed by atoms with Crippen LogP contribution in [0.4, 0.5) is 0 Å². The molecule has 2 rings (SSSR count). The summed E-state index contributed by atoms with van der Waals surface area (Å²) in [5.41, 5.74) is 3.47. The minimum absolute atomic E-state index is 0.0269. The molecule has 2 aromatic rings. The summed E-state index contributed by atoms with van der Waals surface area (Å²) in [5.74, 6) is 0.0269. The van der Waals surface area contributed by atoms with Gasteiger partial charge in [-0.1, -0.05) is 24.6 Å². The molecular weight excluding hydrogens is 304 g/mol. The van der Waals surface area contributed by atoms with Crippen molar-refractivity contribution in [1.29, 1.82) is 0 Å². The number of hydrogen-bond donors (Lipinski definition) is 0. The largest absolute Gasteiger partial charge is 0.287 e. The molecule has 1 aromatic carbocycles. The van der Waals surface area contributed by atoms with Gasteiger partial charge in [0.2, 0.25) is 5.78 Å². The van der Waals surface area contributed by atoms with Crippen LogP contribution in [-0.2, 0) is 6.54 Å². The van der Waals surface area contributed by atoms with Crippen LogP contribution in [0, 0.1) is 13.8 Å². The summed E-state index contributed by atoms with van der Waals surface area (Å²) in [6, 6.07) is 5.94. The predicted octanol–water partition coefficient (Wildman–Crippen LogP) is 3.90. The first-order valence-electron chi connectivity index (χ1n) is 6.37. The molecular formula is C15H17BrN2O. The first-order chi connectivity index (χ1) is 9.04. The van der Waals surface area contributed by atoms with Gasteiger partial charge in [-0.25, -0.2) is 0 Å². The average molecular weight is 321 g/mol. The lowest BCUT2D eigenvalue weighted by Crippen LogP contribution is -2.13. The van der Waals surface area contributed by atoms with Gasteiger partial charge in [-0.05, 0) is 47.8 Å². The first kappa shape index (κ1) is 14.0. The average Bonchev–Trinajstić information content (AvgIpc) is 2.73. The number of aromatic nitrogens is 2. The molecule has 0 fully saturated rings. The van der Waals surface area contributed by atoms with Gasteiger partial charge in [0.05, 0.1) is 10.7 Å². The van der Waals surface area contributed by atoms with Gasteiger partial charge in [0.1, 0.15) is 5.69 Å². The van der Waals surface area contributed by atoms with E-state index in [2.05, 4.69) is 28.0 Å². The number of ketones is 1. The fourth-order valence-electron chi connectivity index (χ4n) is 2.08. The van der Waals surface area contributed by atoms with E-state index in [1.165, 1.54) is 0 Å². The van der Waals surface area contributed by atoms with E-state index >= 15 is 0 Å². The number of carbonyl (C=O) groups is 1. The van der Waals surface area contributed by atoms with E-state index < -0.39 is 0 Å². The maximum absolute atomic E-state index is 12.7. The van der Waals surface area contributed by atoms with Crippen LogP contribution in [0.3, 0.4) is 0 Å². The summed E-state index contributed by atoms with van der Waals surface area (Å²) in [6.45, 7) is 6.77. The van der Waals surface area contributed by atoms with E-state index in [1.54, 1.807) is 10.9 Å². The lowest BCUT2D eigenvalue weighted by atomic mass is 10.0. The quantitative estimate of drug-likeness (QED) is 0.801. The maximum atomic E-state index is 12.7. The molecule has 0 aliphatic heterocycles. The lowest BCUT2D eigenvalue weighted by Gasteiger charge is -2.09. The number of nitrogens with zero attached hydrogens (tertiary/aromatic N) is 2. The van der Waals surface area contributed by atoms with Crippen molar-refractivity contribution < 1.29 is 4.79 Å². The Bertz CT molecular complexity index is 617. The van der Waals surface area contributed by atoms with Crippen LogP contribution < -0.4 is 0 Å². The molecule has 0 aliphatic carbocycles. The van der Waals surface area contributed by atoms with Gasteiger partial charge in [0.25, 0.3) is 0 Å². The van der Waals surface area contributed by atoms with Crippen LogP contribution in [0.5, 0.6) is 0 Å². The summed E-state index contributed by atoms with van der Waals surface area (Å²) in [5, 5.41) is 4.25. The first-order valence-corrected chi connectivity index (χ1v) is 7.17. The number of carbonyl (C=O) groups excluding carboxylic acids is 1. The molecule has 0 radical (unpaired) electrons. The second-order valence-corrected chi connectivity index (χ2v) is 5.57. The highest BCUT2D eigenvalue weighted by Gasteiger charge is 2.20. The predicted molar refractivity (Wildman–Crippen MR) is 79.6 cm³/mol. The van der Waals surface area contributed by atoms with Crippen LogP contribution in [-0.4, -0.2) is 15.6 Å². The molecule has 0 atom stereocenters. The number of rotatable bonds is 4. The Labute approximate surface area is 121 Å². The Morgan fingerprint density at radius 3 is 2.79 bits per heavy atom. The molecule has 0 spiro atoms. The van der Waals surface area contributed by atoms with Crippen LogP contribution in [0.1, 0.15) is 40.5 Å². The topological polar surface area (TPSA) is 34.9 Å². The van der Waals surface area contributed by atoms with Crippen molar-refractivity contribution >= 4 is 21.7 Å². The zero-order valence-corrected chi connectivity index (χ0v) is 13.0. The highest BCUT2D eigenvalue weighted by Crippen LogP contribution is 2.22. The summed E-state index contributed by atoms with van der Waals surface area (Å²) >= 11 is 3.42. The minimum Gasteiger partial charge on any atom is -0.287 e. The van der Waals surface area contributed by atoms with Gasteiger partial charge in [-0.2, -0.15) is 5.10 Å². The van der Waals surface area contributed by atoms with Crippen molar-refractivity contribution in [3.8, 4) is 0 Å². The molecule has 0 saturated carbocycles. The number of aryl methyl sites for hydroxylation is 3. The van der Waals surface area contributed by atoms with E-state index in [4.69, 9.17) is 0 Å². The second kappa shape index (κ2) is 5.70. The van der Waals surface area contributed by atoms with Gasteiger partial charge >= 0.3 is 0 Å². The van der Waals surface area contributed by atoms with Crippen LogP contribution in [0.2, 0.25) is 0 Å². The van der Waals surface area contributed by atoms with Crippen molar-refractivity contribution in [3.05, 3.63) is 51.3 Å². The van der Waals surface area contributed by atoms with Crippen molar-refractivity contribution in [2.24, 2.45) is 0 Å². The fraction of sp³-hybridized carbons (Fsp3) is 0.333. The van der Waals surface area contributed by atoms with Gasteiger partial charge in [-0.3, -0.25) is 9.48 Å². The Hall–Kier alpha value is -1.42. The third kappa shape index (κ3) is 2.78. The fourth-order valence-corrected chi connectivity index (χ4v) is 2.55. The van der Waals surface area contributed by atoms with Crippen LogP contribution in [0.15, 0.2) is 28.9 Å². The molecule has 0 saturated heterocycles. The number of hydrogen-bond acceptors (Lipinski definition) is 2. The van der Waals surface area contributed by atoms with E-state index in [0.717, 1.165) is 34.1 Å². The highest BCUT2D eigenvalue weighted by molar-refractivity contribution is 9.10. The Kier molecular flexibility index (Phi) is 4.20. The summed E-state index contributed by atoms with van der Waals surface area (Å²) in [6.07, 6.45) is 2.63. The van der Waals surface area contributed by atoms with Crippen LogP contribution in [0.25, 0.3) is 0 Å². The van der Waals surface area contributed by atoms with Crippen molar-refractivity contribution in [2.75, 3.05) is 0 Å². The maximum Gasteiger partial charge on any atom is 0.212 e. The zero-order chi connectivity index (χ0) is 14.0. The molecule has 1 aromatic heterocycles. The summed E-state index contributed by atoms with van der Waals surface area (Å²) < 4.78 is 2.53. The van der Waals surface area contributed by atoms with E-state index in [0.29, 0.717) is 5.69 Å². The zero-order valence-electron chi connectivity index (χ0n) is 11.4. The van der Waals surface area contributed by atoms with Gasteiger partial charge < -0.3 is 0 Å². The molecule has 19 heavy (non-hydrogen) atoms. The normalized spacial score (nSPS) is 10.7. The molecule has 0 amide bonds. The molecule has 0 unspecified atom stereocenters. The monoisotopic (exact) mass is 320 g/mol. The smallest absolute Gasteiger partial charge is 0.212 e. The van der Waals surface area contributed by atoms with Crippen molar-refractivity contribution in [2.45, 2.75) is 33.7 Å². The highest BCUT2D eigenvalue weighted by atomic mass is 79.9. The molecule has 0 N–H and O–H groups in total. The third-order valence-corrected chi connectivity index (χ3v) is 3.66. The standard InChI is InChI=1S/C15H17BrN2O/c1-4-7-18-14(13(16)9-17-18)15(19)12-8-10(2)5-6-11(12)3/h5-6,8-9H,4,7H2,1-3H3. The Morgan fingerprint density at radius 1 is 1.37 bits per heavy atom. The van der Waals surface area contributed by atoms with E-state index in [9.17, 15) is 4.79 Å². The minimum atomic E-state index is 0.0269. The van der Waals surface area contributed by atoms with Crippen LogP contribution >= 0.6 is 15.9 Å². The molecule has 0 bridgehead atoms. The van der Waals surface area contributed by atoms with E-state index in [-0.39, 0.29) is 5.78 Å². The molecule has 3 nitrogen and oxygen atoms in total. The van der Waals surface area contributed by atoms with Gasteiger partial charge in [0.15, 0.2) is 0 Å². The third-order valence-electron chi connectivity index (χ3n) is 3.08. The molecule has 0 aliphatic rings.